The summed E-state index contributed by atoms with van der Waals surface area (Å²) >= 11 is 0. The zero-order valence-corrected chi connectivity index (χ0v) is 7.60. The van der Waals surface area contributed by atoms with Gasteiger partial charge < -0.3 is 4.79 Å². The van der Waals surface area contributed by atoms with Gasteiger partial charge in [0.1, 0.15) is 6.29 Å². The lowest BCUT2D eigenvalue weighted by molar-refractivity contribution is -0.115. The zero-order valence-electron chi connectivity index (χ0n) is 7.60. The number of rotatable bonds is 4. The van der Waals surface area contributed by atoms with Crippen LogP contribution in [-0.2, 0) is 4.79 Å². The lowest BCUT2D eigenvalue weighted by Crippen LogP contribution is -2.18. The van der Waals surface area contributed by atoms with Gasteiger partial charge in [-0.3, -0.25) is 0 Å². The molecule has 11 heavy (non-hydrogen) atoms. The Balaban J connectivity index is 2.14. The molecule has 1 rings (SSSR count). The summed E-state index contributed by atoms with van der Waals surface area (Å²) in [4.78, 5) is 10.5. The minimum atomic E-state index is -0.0738. The van der Waals surface area contributed by atoms with Gasteiger partial charge in [0.25, 0.3) is 0 Å². The van der Waals surface area contributed by atoms with Crippen molar-refractivity contribution in [1.29, 1.82) is 0 Å². The van der Waals surface area contributed by atoms with Gasteiger partial charge in [-0.2, -0.15) is 0 Å². The van der Waals surface area contributed by atoms with Crippen molar-refractivity contribution < 1.29 is 4.79 Å². The second kappa shape index (κ2) is 3.38. The van der Waals surface area contributed by atoms with Crippen molar-refractivity contribution in [2.24, 2.45) is 11.3 Å². The lowest BCUT2D eigenvalue weighted by Gasteiger charge is -2.28. The topological polar surface area (TPSA) is 17.1 Å². The molecule has 1 aliphatic rings. The number of carbonyl (C=O) groups is 1. The Kier molecular flexibility index (Phi) is 2.69. The Hall–Kier alpha value is -0.330. The van der Waals surface area contributed by atoms with Gasteiger partial charge in [-0.1, -0.05) is 33.1 Å². The first-order valence-electron chi connectivity index (χ1n) is 4.60. The first kappa shape index (κ1) is 8.76. The summed E-state index contributed by atoms with van der Waals surface area (Å²) in [7, 11) is 0. The van der Waals surface area contributed by atoms with E-state index in [0.29, 0.717) is 0 Å². The van der Waals surface area contributed by atoms with Crippen molar-refractivity contribution in [3.05, 3.63) is 0 Å². The average molecular weight is 154 g/mol. The molecule has 0 aromatic carbocycles. The largest absolute Gasteiger partial charge is 0.303 e. The van der Waals surface area contributed by atoms with E-state index >= 15 is 0 Å². The fraction of sp³-hybridized carbons (Fsp3) is 0.900. The molecule has 0 atom stereocenters. The van der Waals surface area contributed by atoms with Crippen LogP contribution in [0.25, 0.3) is 0 Å². The number of hydrogen-bond donors (Lipinski definition) is 0. The maximum absolute atomic E-state index is 10.5. The third-order valence-electron chi connectivity index (χ3n) is 2.74. The minimum absolute atomic E-state index is 0.0738. The standard InChI is InChI=1S/C10H18O/c1-10(2,8-11)7-6-9-4-3-5-9/h8-9H,3-7H2,1-2H3. The molecule has 0 N–H and O–H groups in total. The van der Waals surface area contributed by atoms with Crippen molar-refractivity contribution in [1.82, 2.24) is 0 Å². The van der Waals surface area contributed by atoms with Gasteiger partial charge in [-0.05, 0) is 18.8 Å². The molecular formula is C10H18O. The van der Waals surface area contributed by atoms with Crippen molar-refractivity contribution in [2.75, 3.05) is 0 Å². The Labute approximate surface area is 69.2 Å². The van der Waals surface area contributed by atoms with Gasteiger partial charge >= 0.3 is 0 Å². The molecule has 0 radical (unpaired) electrons. The highest BCUT2D eigenvalue weighted by Gasteiger charge is 2.22. The molecule has 1 nitrogen and oxygen atoms in total. The molecule has 0 spiro atoms. The van der Waals surface area contributed by atoms with Crippen LogP contribution in [0.5, 0.6) is 0 Å². The first-order valence-corrected chi connectivity index (χ1v) is 4.60. The summed E-state index contributed by atoms with van der Waals surface area (Å²) in [5, 5.41) is 0. The molecule has 0 aromatic rings. The van der Waals surface area contributed by atoms with E-state index in [1.54, 1.807) is 0 Å². The van der Waals surface area contributed by atoms with Crippen molar-refractivity contribution in [3.8, 4) is 0 Å². The highest BCUT2D eigenvalue weighted by atomic mass is 16.1. The molecule has 1 saturated carbocycles. The quantitative estimate of drug-likeness (QED) is 0.569. The molecule has 0 bridgehead atoms. The van der Waals surface area contributed by atoms with Gasteiger partial charge in [-0.15, -0.1) is 0 Å². The third kappa shape index (κ3) is 2.64. The maximum atomic E-state index is 10.5. The molecular weight excluding hydrogens is 136 g/mol. The van der Waals surface area contributed by atoms with Crippen LogP contribution in [0.2, 0.25) is 0 Å². The van der Waals surface area contributed by atoms with Crippen LogP contribution in [-0.4, -0.2) is 6.29 Å². The van der Waals surface area contributed by atoms with Crippen LogP contribution in [0.1, 0.15) is 46.0 Å². The van der Waals surface area contributed by atoms with Gasteiger partial charge in [0.15, 0.2) is 0 Å². The Morgan fingerprint density at radius 1 is 1.45 bits per heavy atom. The smallest absolute Gasteiger partial charge is 0.125 e. The molecule has 1 heteroatoms. The average Bonchev–Trinajstić information content (AvgIpc) is 1.84. The van der Waals surface area contributed by atoms with E-state index in [9.17, 15) is 4.79 Å². The molecule has 1 fully saturated rings. The van der Waals surface area contributed by atoms with E-state index in [4.69, 9.17) is 0 Å². The van der Waals surface area contributed by atoms with E-state index < -0.39 is 0 Å². The fourth-order valence-corrected chi connectivity index (χ4v) is 1.42. The van der Waals surface area contributed by atoms with Crippen LogP contribution >= 0.6 is 0 Å². The molecule has 0 heterocycles. The van der Waals surface area contributed by atoms with E-state index in [0.717, 1.165) is 18.6 Å². The summed E-state index contributed by atoms with van der Waals surface area (Å²) in [6.07, 6.45) is 7.62. The van der Waals surface area contributed by atoms with Crippen molar-refractivity contribution in [2.45, 2.75) is 46.0 Å². The summed E-state index contributed by atoms with van der Waals surface area (Å²) in [6, 6.07) is 0. The van der Waals surface area contributed by atoms with Crippen LogP contribution in [0.3, 0.4) is 0 Å². The molecule has 64 valence electrons. The SMILES string of the molecule is CC(C)(C=O)CCC1CCC1. The molecule has 0 unspecified atom stereocenters. The zero-order chi connectivity index (χ0) is 8.32. The number of hydrogen-bond acceptors (Lipinski definition) is 1. The Morgan fingerprint density at radius 3 is 2.45 bits per heavy atom. The van der Waals surface area contributed by atoms with Gasteiger partial charge in [-0.25, -0.2) is 0 Å². The highest BCUT2D eigenvalue weighted by Crippen LogP contribution is 2.33. The van der Waals surface area contributed by atoms with E-state index in [1.807, 2.05) is 13.8 Å². The van der Waals surface area contributed by atoms with Gasteiger partial charge in [0, 0.05) is 5.41 Å². The third-order valence-corrected chi connectivity index (χ3v) is 2.74. The van der Waals surface area contributed by atoms with E-state index in [-0.39, 0.29) is 5.41 Å². The lowest BCUT2D eigenvalue weighted by atomic mass is 9.77. The molecule has 0 amide bonds. The first-order chi connectivity index (χ1) is 5.14. The van der Waals surface area contributed by atoms with Crippen LogP contribution in [0, 0.1) is 11.3 Å². The predicted molar refractivity (Wildman–Crippen MR) is 46.4 cm³/mol. The normalized spacial score (nSPS) is 19.5. The Bertz CT molecular complexity index is 134. The molecule has 0 aromatic heterocycles. The minimum Gasteiger partial charge on any atom is -0.303 e. The van der Waals surface area contributed by atoms with Crippen LogP contribution < -0.4 is 0 Å². The van der Waals surface area contributed by atoms with Crippen molar-refractivity contribution >= 4 is 6.29 Å². The summed E-state index contributed by atoms with van der Waals surface area (Å²) in [5.41, 5.74) is -0.0738. The van der Waals surface area contributed by atoms with Gasteiger partial charge in [0.2, 0.25) is 0 Å². The van der Waals surface area contributed by atoms with Crippen LogP contribution in [0.15, 0.2) is 0 Å². The van der Waals surface area contributed by atoms with E-state index in [1.165, 1.54) is 25.7 Å². The summed E-state index contributed by atoms with van der Waals surface area (Å²) < 4.78 is 0. The Morgan fingerprint density at radius 2 is 2.09 bits per heavy atom. The van der Waals surface area contributed by atoms with Gasteiger partial charge in [0.05, 0.1) is 0 Å². The second-order valence-electron chi connectivity index (χ2n) is 4.44. The monoisotopic (exact) mass is 154 g/mol. The predicted octanol–water partition coefficient (Wildman–Crippen LogP) is 2.79. The highest BCUT2D eigenvalue weighted by molar-refractivity contribution is 5.57. The maximum Gasteiger partial charge on any atom is 0.125 e. The molecule has 0 saturated heterocycles. The van der Waals surface area contributed by atoms with E-state index in [2.05, 4.69) is 0 Å². The molecule has 0 aliphatic heterocycles. The fourth-order valence-electron chi connectivity index (χ4n) is 1.42. The van der Waals surface area contributed by atoms with Crippen LogP contribution in [0.4, 0.5) is 0 Å². The number of carbonyl (C=O) groups excluding carboxylic acids is 1. The summed E-state index contributed by atoms with van der Waals surface area (Å²) in [5.74, 6) is 0.939. The summed E-state index contributed by atoms with van der Waals surface area (Å²) in [6.45, 7) is 4.05. The number of aldehydes is 1. The van der Waals surface area contributed by atoms with Crippen molar-refractivity contribution in [3.63, 3.8) is 0 Å². The second-order valence-corrected chi connectivity index (χ2v) is 4.44. The molecule has 1 aliphatic carbocycles.